The summed E-state index contributed by atoms with van der Waals surface area (Å²) in [5.74, 6) is 1.21. The lowest BCUT2D eigenvalue weighted by Gasteiger charge is -2.30. The highest BCUT2D eigenvalue weighted by Gasteiger charge is 2.41. The van der Waals surface area contributed by atoms with Crippen LogP contribution in [0, 0.1) is 11.8 Å². The third kappa shape index (κ3) is 4.17. The highest BCUT2D eigenvalue weighted by Crippen LogP contribution is 2.31. The molecule has 0 radical (unpaired) electrons. The Labute approximate surface area is 157 Å². The Morgan fingerprint density at radius 1 is 1.15 bits per heavy atom. The van der Waals surface area contributed by atoms with Gasteiger partial charge in [-0.2, -0.15) is 0 Å². The quantitative estimate of drug-likeness (QED) is 0.760. The van der Waals surface area contributed by atoms with Crippen molar-refractivity contribution in [2.45, 2.75) is 45.4 Å². The van der Waals surface area contributed by atoms with Crippen LogP contribution in [0.2, 0.25) is 0 Å². The number of rotatable bonds is 5. The van der Waals surface area contributed by atoms with Gasteiger partial charge >= 0.3 is 0 Å². The lowest BCUT2D eigenvalue weighted by atomic mass is 9.86. The van der Waals surface area contributed by atoms with E-state index in [1.54, 1.807) is 0 Å². The SMILES string of the molecule is CN1CC[C@@H]2CN(CCCC(=O)c3ccc(C(C)(C)C)cc3)C[C@@H]2C1=O. The summed E-state index contributed by atoms with van der Waals surface area (Å²) >= 11 is 0. The Bertz CT molecular complexity index is 660. The molecule has 2 fully saturated rings. The molecular weight excluding hydrogens is 324 g/mol. The average Bonchev–Trinajstić information content (AvgIpc) is 3.01. The van der Waals surface area contributed by atoms with Crippen molar-refractivity contribution in [3.05, 3.63) is 35.4 Å². The van der Waals surface area contributed by atoms with Gasteiger partial charge in [-0.1, -0.05) is 45.0 Å². The normalized spacial score (nSPS) is 24.0. The molecule has 2 saturated heterocycles. The second-order valence-electron chi connectivity index (χ2n) is 9.03. The zero-order valence-electron chi connectivity index (χ0n) is 16.6. The minimum Gasteiger partial charge on any atom is -0.345 e. The first kappa shape index (κ1) is 19.1. The maximum absolute atomic E-state index is 12.4. The summed E-state index contributed by atoms with van der Waals surface area (Å²) in [7, 11) is 1.91. The molecule has 142 valence electrons. The average molecular weight is 357 g/mol. The van der Waals surface area contributed by atoms with Crippen molar-refractivity contribution in [3.63, 3.8) is 0 Å². The van der Waals surface area contributed by atoms with Gasteiger partial charge in [-0.25, -0.2) is 0 Å². The van der Waals surface area contributed by atoms with E-state index < -0.39 is 0 Å². The van der Waals surface area contributed by atoms with Crippen molar-refractivity contribution < 1.29 is 9.59 Å². The summed E-state index contributed by atoms with van der Waals surface area (Å²) in [6, 6.07) is 8.06. The predicted octanol–water partition coefficient (Wildman–Crippen LogP) is 3.36. The van der Waals surface area contributed by atoms with E-state index in [9.17, 15) is 9.59 Å². The molecule has 2 heterocycles. The molecule has 1 aromatic rings. The van der Waals surface area contributed by atoms with Gasteiger partial charge in [0.05, 0.1) is 5.92 Å². The standard InChI is InChI=1S/C22H32N2O2/c1-22(2,3)18-9-7-16(8-10-18)20(25)6-5-12-24-14-17-11-13-23(4)21(26)19(17)15-24/h7-10,17,19H,5-6,11-15H2,1-4H3/t17-,19+/m1/s1. The number of benzene rings is 1. The fourth-order valence-electron chi connectivity index (χ4n) is 4.23. The number of ketones is 1. The molecule has 0 saturated carbocycles. The van der Waals surface area contributed by atoms with Gasteiger partial charge in [-0.05, 0) is 36.3 Å². The van der Waals surface area contributed by atoms with E-state index in [1.807, 2.05) is 24.1 Å². The number of hydrogen-bond acceptors (Lipinski definition) is 3. The van der Waals surface area contributed by atoms with Crippen molar-refractivity contribution in [2.24, 2.45) is 11.8 Å². The molecule has 2 aliphatic rings. The molecule has 0 aliphatic carbocycles. The van der Waals surface area contributed by atoms with Crippen LogP contribution in [-0.4, -0.2) is 54.7 Å². The van der Waals surface area contributed by atoms with Crippen LogP contribution < -0.4 is 0 Å². The second kappa shape index (κ2) is 7.51. The molecule has 0 bridgehead atoms. The molecule has 3 rings (SSSR count). The van der Waals surface area contributed by atoms with Gasteiger partial charge in [-0.3, -0.25) is 9.59 Å². The minimum atomic E-state index is 0.111. The molecule has 26 heavy (non-hydrogen) atoms. The maximum Gasteiger partial charge on any atom is 0.227 e. The van der Waals surface area contributed by atoms with Crippen LogP contribution in [0.3, 0.4) is 0 Å². The molecule has 1 amide bonds. The van der Waals surface area contributed by atoms with E-state index in [2.05, 4.69) is 37.8 Å². The molecule has 1 aromatic carbocycles. The molecular formula is C22H32N2O2. The molecule has 2 atom stereocenters. The first-order chi connectivity index (χ1) is 12.3. The number of nitrogens with zero attached hydrogens (tertiary/aromatic N) is 2. The topological polar surface area (TPSA) is 40.6 Å². The van der Waals surface area contributed by atoms with Crippen LogP contribution in [0.5, 0.6) is 0 Å². The molecule has 0 aromatic heterocycles. The number of likely N-dealkylation sites (tertiary alicyclic amines) is 2. The molecule has 0 N–H and O–H groups in total. The van der Waals surface area contributed by atoms with Crippen molar-refractivity contribution in [1.29, 1.82) is 0 Å². The van der Waals surface area contributed by atoms with Gasteiger partial charge in [0, 0.05) is 38.7 Å². The van der Waals surface area contributed by atoms with Crippen LogP contribution in [0.1, 0.15) is 56.0 Å². The number of Topliss-reactive ketones (excluding diaryl/α,β-unsaturated/α-hetero) is 1. The second-order valence-corrected chi connectivity index (χ2v) is 9.03. The fraction of sp³-hybridized carbons (Fsp3) is 0.636. The summed E-state index contributed by atoms with van der Waals surface area (Å²) in [5, 5.41) is 0. The van der Waals surface area contributed by atoms with Crippen LogP contribution in [0.15, 0.2) is 24.3 Å². The Morgan fingerprint density at radius 3 is 2.50 bits per heavy atom. The highest BCUT2D eigenvalue weighted by molar-refractivity contribution is 5.96. The zero-order chi connectivity index (χ0) is 18.9. The van der Waals surface area contributed by atoms with E-state index >= 15 is 0 Å². The van der Waals surface area contributed by atoms with Crippen LogP contribution in [0.4, 0.5) is 0 Å². The van der Waals surface area contributed by atoms with Crippen LogP contribution >= 0.6 is 0 Å². The number of piperidine rings is 1. The Kier molecular flexibility index (Phi) is 5.52. The first-order valence-corrected chi connectivity index (χ1v) is 9.87. The molecule has 0 spiro atoms. The van der Waals surface area contributed by atoms with Crippen LogP contribution in [-0.2, 0) is 10.2 Å². The van der Waals surface area contributed by atoms with Crippen molar-refractivity contribution in [3.8, 4) is 0 Å². The van der Waals surface area contributed by atoms with Gasteiger partial charge in [0.15, 0.2) is 5.78 Å². The summed E-state index contributed by atoms with van der Waals surface area (Å²) in [6.45, 7) is 10.2. The van der Waals surface area contributed by atoms with Crippen molar-refractivity contribution in [1.82, 2.24) is 9.80 Å². The van der Waals surface area contributed by atoms with Crippen LogP contribution in [0.25, 0.3) is 0 Å². The van der Waals surface area contributed by atoms with Crippen molar-refractivity contribution in [2.75, 3.05) is 33.2 Å². The van der Waals surface area contributed by atoms with E-state index in [1.165, 1.54) is 5.56 Å². The number of amides is 1. The van der Waals surface area contributed by atoms with Gasteiger partial charge < -0.3 is 9.80 Å². The highest BCUT2D eigenvalue weighted by atomic mass is 16.2. The summed E-state index contributed by atoms with van der Waals surface area (Å²) in [4.78, 5) is 29.0. The minimum absolute atomic E-state index is 0.111. The van der Waals surface area contributed by atoms with E-state index in [0.29, 0.717) is 18.2 Å². The number of hydrogen-bond donors (Lipinski definition) is 0. The van der Waals surface area contributed by atoms with Gasteiger partial charge in [0.1, 0.15) is 0 Å². The summed E-state index contributed by atoms with van der Waals surface area (Å²) < 4.78 is 0. The number of carbonyl (C=O) groups excluding carboxylic acids is 2. The Balaban J connectivity index is 1.46. The smallest absolute Gasteiger partial charge is 0.227 e. The number of fused-ring (bicyclic) bond motifs is 1. The lowest BCUT2D eigenvalue weighted by molar-refractivity contribution is -0.137. The Hall–Kier alpha value is -1.68. The predicted molar refractivity (Wildman–Crippen MR) is 104 cm³/mol. The van der Waals surface area contributed by atoms with Crippen molar-refractivity contribution >= 4 is 11.7 Å². The maximum atomic E-state index is 12.4. The van der Waals surface area contributed by atoms with E-state index in [0.717, 1.165) is 44.6 Å². The fourth-order valence-corrected chi connectivity index (χ4v) is 4.23. The first-order valence-electron chi connectivity index (χ1n) is 9.87. The van der Waals surface area contributed by atoms with Gasteiger partial charge in [0.2, 0.25) is 5.91 Å². The third-order valence-electron chi connectivity index (χ3n) is 6.00. The molecule has 2 aliphatic heterocycles. The lowest BCUT2D eigenvalue weighted by Crippen LogP contribution is -2.42. The van der Waals surface area contributed by atoms with E-state index in [-0.39, 0.29) is 17.1 Å². The molecule has 4 heteroatoms. The van der Waals surface area contributed by atoms with Gasteiger partial charge in [-0.15, -0.1) is 0 Å². The molecule has 0 unspecified atom stereocenters. The van der Waals surface area contributed by atoms with E-state index in [4.69, 9.17) is 0 Å². The third-order valence-corrected chi connectivity index (χ3v) is 6.00. The number of carbonyl (C=O) groups is 2. The monoisotopic (exact) mass is 356 g/mol. The summed E-state index contributed by atoms with van der Waals surface area (Å²) in [6.07, 6.45) is 2.56. The van der Waals surface area contributed by atoms with Gasteiger partial charge in [0.25, 0.3) is 0 Å². The largest absolute Gasteiger partial charge is 0.345 e. The zero-order valence-corrected chi connectivity index (χ0v) is 16.6. The summed E-state index contributed by atoms with van der Waals surface area (Å²) in [5.41, 5.74) is 2.17. The Morgan fingerprint density at radius 2 is 1.85 bits per heavy atom. The molecule has 4 nitrogen and oxygen atoms in total.